The van der Waals surface area contributed by atoms with Crippen LogP contribution in [0, 0.1) is 5.41 Å². The van der Waals surface area contributed by atoms with E-state index in [9.17, 15) is 22.8 Å². The Morgan fingerprint density at radius 3 is 1.96 bits per heavy atom. The number of ketones is 1. The van der Waals surface area contributed by atoms with E-state index >= 15 is 0 Å². The van der Waals surface area contributed by atoms with Gasteiger partial charge in [0.15, 0.2) is 5.78 Å². The van der Waals surface area contributed by atoms with Gasteiger partial charge in [0, 0.05) is 11.5 Å². The van der Waals surface area contributed by atoms with Crippen LogP contribution in [0.5, 0.6) is 0 Å². The van der Waals surface area contributed by atoms with E-state index in [2.05, 4.69) is 4.52 Å². The molecule has 2 rings (SSSR count). The molecule has 0 N–H and O–H groups in total. The lowest BCUT2D eigenvalue weighted by atomic mass is 9.65. The molecule has 3 unspecified atom stereocenters. The molecule has 7 heteroatoms. The van der Waals surface area contributed by atoms with Crippen LogP contribution in [0.2, 0.25) is 0 Å². The number of rotatable bonds is 6. The van der Waals surface area contributed by atoms with Crippen molar-refractivity contribution in [1.82, 2.24) is 0 Å². The maximum Gasteiger partial charge on any atom is 0.402 e. The molecule has 0 fully saturated rings. The van der Waals surface area contributed by atoms with E-state index in [1.807, 2.05) is 0 Å². The average molecular weight is 382 g/mol. The van der Waals surface area contributed by atoms with Crippen LogP contribution < -0.4 is 0 Å². The quantitative estimate of drug-likeness (QED) is 0.525. The molecule has 0 bridgehead atoms. The molecule has 0 aliphatic carbocycles. The zero-order valence-corrected chi connectivity index (χ0v) is 15.1. The third kappa shape index (κ3) is 3.80. The molecule has 26 heavy (non-hydrogen) atoms. The number of carbonyl (C=O) groups excluding carboxylic acids is 2. The van der Waals surface area contributed by atoms with Gasteiger partial charge in [-0.15, -0.1) is 0 Å². The van der Waals surface area contributed by atoms with Crippen molar-refractivity contribution in [2.75, 3.05) is 0 Å². The lowest BCUT2D eigenvalue weighted by Gasteiger charge is -2.38. The highest BCUT2D eigenvalue weighted by Gasteiger charge is 2.64. The maximum atomic E-state index is 14.3. The molecular formula is C19H18F3O3P. The molecule has 2 aromatic rings. The standard InChI is InChI=1S/C19H18F3O3P/c1-13(14-8-4-2-5-9-14)18(19(20,21)22,12-16(23)25-26)17(24)15-10-6-3-7-11-15/h2-11,13H,12,26H2,1H3. The Morgan fingerprint density at radius 2 is 1.50 bits per heavy atom. The van der Waals surface area contributed by atoms with E-state index in [1.165, 1.54) is 43.3 Å². The Morgan fingerprint density at radius 1 is 1.00 bits per heavy atom. The number of hydrogen-bond acceptors (Lipinski definition) is 3. The highest BCUT2D eigenvalue weighted by Crippen LogP contribution is 2.53. The van der Waals surface area contributed by atoms with Gasteiger partial charge in [-0.05, 0) is 5.56 Å². The van der Waals surface area contributed by atoms with Crippen molar-refractivity contribution in [1.29, 1.82) is 0 Å². The lowest BCUT2D eigenvalue weighted by molar-refractivity contribution is -0.215. The maximum absolute atomic E-state index is 14.3. The number of hydrogen-bond donors (Lipinski definition) is 0. The van der Waals surface area contributed by atoms with Gasteiger partial charge in [-0.3, -0.25) is 9.59 Å². The van der Waals surface area contributed by atoms with Gasteiger partial charge in [-0.25, -0.2) is 0 Å². The Hall–Kier alpha value is -2.20. The minimum absolute atomic E-state index is 0.107. The predicted molar refractivity (Wildman–Crippen MR) is 94.5 cm³/mol. The Labute approximate surface area is 151 Å². The van der Waals surface area contributed by atoms with Crippen molar-refractivity contribution in [3.8, 4) is 0 Å². The highest BCUT2D eigenvalue weighted by atomic mass is 31.0. The van der Waals surface area contributed by atoms with Crippen molar-refractivity contribution in [3.63, 3.8) is 0 Å². The normalized spacial score (nSPS) is 15.0. The van der Waals surface area contributed by atoms with Crippen LogP contribution >= 0.6 is 9.47 Å². The summed E-state index contributed by atoms with van der Waals surface area (Å²) in [5, 5.41) is 0. The van der Waals surface area contributed by atoms with Gasteiger partial charge >= 0.3 is 12.1 Å². The van der Waals surface area contributed by atoms with E-state index in [1.54, 1.807) is 33.7 Å². The van der Waals surface area contributed by atoms with Crippen molar-refractivity contribution in [2.45, 2.75) is 25.4 Å². The zero-order chi connectivity index (χ0) is 19.4. The second-order valence-electron chi connectivity index (χ2n) is 5.96. The largest absolute Gasteiger partial charge is 0.451 e. The fraction of sp³-hybridized carbons (Fsp3) is 0.263. The van der Waals surface area contributed by atoms with Crippen LogP contribution in [-0.2, 0) is 9.32 Å². The first-order chi connectivity index (χ1) is 12.2. The van der Waals surface area contributed by atoms with Gasteiger partial charge in [0.1, 0.15) is 5.41 Å². The Balaban J connectivity index is 2.68. The summed E-state index contributed by atoms with van der Waals surface area (Å²) in [5.41, 5.74) is -2.74. The minimum atomic E-state index is -4.96. The van der Waals surface area contributed by atoms with Gasteiger partial charge < -0.3 is 4.52 Å². The van der Waals surface area contributed by atoms with Gasteiger partial charge in [-0.1, -0.05) is 67.6 Å². The van der Waals surface area contributed by atoms with E-state index in [0.29, 0.717) is 5.56 Å². The number of alkyl halides is 3. The van der Waals surface area contributed by atoms with E-state index in [4.69, 9.17) is 0 Å². The van der Waals surface area contributed by atoms with Crippen molar-refractivity contribution in [3.05, 3.63) is 71.8 Å². The number of Topliss-reactive ketones (excluding diaryl/α,β-unsaturated/α-hetero) is 1. The molecule has 0 aromatic heterocycles. The molecule has 0 saturated heterocycles. The second-order valence-corrected chi connectivity index (χ2v) is 6.20. The summed E-state index contributed by atoms with van der Waals surface area (Å²) in [6, 6.07) is 15.1. The minimum Gasteiger partial charge on any atom is -0.451 e. The van der Waals surface area contributed by atoms with Crippen LogP contribution in [0.3, 0.4) is 0 Å². The molecule has 2 aromatic carbocycles. The summed E-state index contributed by atoms with van der Waals surface area (Å²) >= 11 is 0. The number of carbonyl (C=O) groups is 2. The first kappa shape index (κ1) is 20.1. The first-order valence-electron chi connectivity index (χ1n) is 7.85. The van der Waals surface area contributed by atoms with Gasteiger partial charge in [0.25, 0.3) is 0 Å². The molecule has 0 aliphatic heterocycles. The fourth-order valence-electron chi connectivity index (χ4n) is 3.05. The topological polar surface area (TPSA) is 43.4 Å². The molecule has 0 radical (unpaired) electrons. The lowest BCUT2D eigenvalue weighted by Crippen LogP contribution is -2.50. The molecular weight excluding hydrogens is 364 g/mol. The summed E-state index contributed by atoms with van der Waals surface area (Å²) < 4.78 is 47.3. The SMILES string of the molecule is CC(c1ccccc1)C(CC(=O)OP)(C(=O)c1ccccc1)C(F)(F)F. The second kappa shape index (κ2) is 8.00. The summed E-state index contributed by atoms with van der Waals surface area (Å²) in [6.45, 7) is 1.31. The number of benzene rings is 2. The van der Waals surface area contributed by atoms with Gasteiger partial charge in [-0.2, -0.15) is 13.2 Å². The summed E-state index contributed by atoms with van der Waals surface area (Å²) in [6.07, 6.45) is -6.07. The number of halogens is 3. The van der Waals surface area contributed by atoms with Gasteiger partial charge in [0.2, 0.25) is 0 Å². The average Bonchev–Trinajstić information content (AvgIpc) is 2.65. The van der Waals surface area contributed by atoms with Crippen molar-refractivity contribution < 1.29 is 27.3 Å². The fourth-order valence-corrected chi connectivity index (χ4v) is 3.13. The molecule has 0 heterocycles. The Kier molecular flexibility index (Phi) is 6.19. The molecule has 3 atom stereocenters. The van der Waals surface area contributed by atoms with Crippen LogP contribution in [0.25, 0.3) is 0 Å². The third-order valence-corrected chi connectivity index (χ3v) is 4.80. The summed E-state index contributed by atoms with van der Waals surface area (Å²) in [4.78, 5) is 24.9. The van der Waals surface area contributed by atoms with Crippen molar-refractivity contribution >= 4 is 21.2 Å². The summed E-state index contributed by atoms with van der Waals surface area (Å²) in [5.74, 6) is -3.57. The van der Waals surface area contributed by atoms with Crippen LogP contribution in [-0.4, -0.2) is 17.9 Å². The van der Waals surface area contributed by atoms with Crippen molar-refractivity contribution in [2.24, 2.45) is 5.41 Å². The van der Waals surface area contributed by atoms with E-state index in [0.717, 1.165) is 0 Å². The predicted octanol–water partition coefficient (Wildman–Crippen LogP) is 4.95. The van der Waals surface area contributed by atoms with Gasteiger partial charge in [0.05, 0.1) is 15.9 Å². The molecule has 0 saturated carbocycles. The smallest absolute Gasteiger partial charge is 0.402 e. The molecule has 0 spiro atoms. The first-order valence-corrected chi connectivity index (χ1v) is 8.32. The molecule has 0 amide bonds. The third-order valence-electron chi connectivity index (χ3n) is 4.54. The molecule has 138 valence electrons. The zero-order valence-electron chi connectivity index (χ0n) is 14.0. The van der Waals surface area contributed by atoms with Crippen LogP contribution in [0.1, 0.15) is 35.2 Å². The van der Waals surface area contributed by atoms with E-state index in [-0.39, 0.29) is 5.56 Å². The highest BCUT2D eigenvalue weighted by molar-refractivity contribution is 7.10. The van der Waals surface area contributed by atoms with Crippen LogP contribution in [0.15, 0.2) is 60.7 Å². The Bertz CT molecular complexity index is 763. The molecule has 0 aliphatic rings. The summed E-state index contributed by atoms with van der Waals surface area (Å²) in [7, 11) is 1.63. The van der Waals surface area contributed by atoms with E-state index < -0.39 is 35.7 Å². The monoisotopic (exact) mass is 382 g/mol. The molecule has 3 nitrogen and oxygen atoms in total. The van der Waals surface area contributed by atoms with Crippen LogP contribution in [0.4, 0.5) is 13.2 Å².